The van der Waals surface area contributed by atoms with Crippen molar-refractivity contribution < 1.29 is 14.7 Å². The van der Waals surface area contributed by atoms with Gasteiger partial charge in [0.05, 0.1) is 6.42 Å². The maximum Gasteiger partial charge on any atom is 0.251 e. The molecule has 24 heavy (non-hydrogen) atoms. The molecule has 0 aromatic heterocycles. The minimum absolute atomic E-state index is 0.0976. The van der Waals surface area contributed by atoms with Gasteiger partial charge in [-0.1, -0.05) is 37.6 Å². The monoisotopic (exact) mass is 332 g/mol. The molecule has 1 unspecified atom stereocenters. The molecule has 5 heteroatoms. The van der Waals surface area contributed by atoms with E-state index in [0.717, 1.165) is 12.0 Å². The molecule has 132 valence electrons. The van der Waals surface area contributed by atoms with Gasteiger partial charge in [-0.25, -0.2) is 0 Å². The van der Waals surface area contributed by atoms with Crippen molar-refractivity contribution in [2.45, 2.75) is 45.6 Å². The number of aliphatic hydroxyl groups is 1. The Morgan fingerprint density at radius 1 is 1.04 bits per heavy atom. The summed E-state index contributed by atoms with van der Waals surface area (Å²) in [5.74, 6) is -0.162. The first-order valence-corrected chi connectivity index (χ1v) is 8.83. The second-order valence-corrected chi connectivity index (χ2v) is 6.48. The molecule has 1 fully saturated rings. The molecule has 0 radical (unpaired) electrons. The normalized spacial score (nSPS) is 16.1. The number of carbonyl (C=O) groups excluding carboxylic acids is 2. The third-order valence-corrected chi connectivity index (χ3v) is 4.50. The Kier molecular flexibility index (Phi) is 6.79. The van der Waals surface area contributed by atoms with E-state index >= 15 is 0 Å². The summed E-state index contributed by atoms with van der Waals surface area (Å²) in [4.78, 5) is 27.6. The highest BCUT2D eigenvalue weighted by Gasteiger charge is 2.25. The number of piperazine rings is 1. The summed E-state index contributed by atoms with van der Waals surface area (Å²) in [5, 5.41) is 9.35. The fourth-order valence-corrected chi connectivity index (χ4v) is 2.93. The van der Waals surface area contributed by atoms with E-state index in [4.69, 9.17) is 0 Å². The van der Waals surface area contributed by atoms with Gasteiger partial charge in [-0.2, -0.15) is 0 Å². The van der Waals surface area contributed by atoms with Gasteiger partial charge in [0.2, 0.25) is 5.91 Å². The third-order valence-electron chi connectivity index (χ3n) is 4.50. The maximum atomic E-state index is 12.4. The molecule has 1 aliphatic heterocycles. The van der Waals surface area contributed by atoms with E-state index in [1.807, 2.05) is 12.1 Å². The first kappa shape index (κ1) is 18.5. The lowest BCUT2D eigenvalue weighted by Crippen LogP contribution is -2.52. The number of aryl methyl sites for hydroxylation is 1. The minimum atomic E-state index is -0.974. The highest BCUT2D eigenvalue weighted by atomic mass is 16.3. The average Bonchev–Trinajstić information content (AvgIpc) is 2.60. The maximum absolute atomic E-state index is 12.4. The molecule has 5 nitrogen and oxygen atoms in total. The van der Waals surface area contributed by atoms with Gasteiger partial charge in [-0.05, 0) is 30.9 Å². The van der Waals surface area contributed by atoms with Crippen molar-refractivity contribution in [1.82, 2.24) is 9.80 Å². The van der Waals surface area contributed by atoms with Crippen LogP contribution in [0.2, 0.25) is 0 Å². The predicted molar refractivity (Wildman–Crippen MR) is 93.6 cm³/mol. The highest BCUT2D eigenvalue weighted by Crippen LogP contribution is 2.11. The number of rotatable bonds is 6. The Labute approximate surface area is 144 Å². The van der Waals surface area contributed by atoms with Crippen LogP contribution in [0.15, 0.2) is 24.3 Å². The number of carbonyl (C=O) groups is 2. The Bertz CT molecular complexity index is 546. The van der Waals surface area contributed by atoms with Crippen molar-refractivity contribution in [1.29, 1.82) is 0 Å². The highest BCUT2D eigenvalue weighted by molar-refractivity contribution is 5.81. The first-order chi connectivity index (χ1) is 11.5. The number of unbranched alkanes of at least 4 members (excludes halogenated alkanes) is 1. The van der Waals surface area contributed by atoms with Crippen LogP contribution >= 0.6 is 0 Å². The molecule has 0 saturated carbocycles. The van der Waals surface area contributed by atoms with Gasteiger partial charge >= 0.3 is 0 Å². The summed E-state index contributed by atoms with van der Waals surface area (Å²) in [6, 6.07) is 8.29. The molecule has 1 heterocycles. The van der Waals surface area contributed by atoms with Crippen LogP contribution in [0.1, 0.15) is 37.8 Å². The van der Waals surface area contributed by atoms with E-state index in [0.29, 0.717) is 32.6 Å². The van der Waals surface area contributed by atoms with Gasteiger partial charge < -0.3 is 14.9 Å². The van der Waals surface area contributed by atoms with Crippen LogP contribution in [0.4, 0.5) is 0 Å². The summed E-state index contributed by atoms with van der Waals surface area (Å²) in [6.45, 7) is 5.71. The molecule has 1 saturated heterocycles. The smallest absolute Gasteiger partial charge is 0.251 e. The fourth-order valence-electron chi connectivity index (χ4n) is 2.93. The molecule has 1 aromatic carbocycles. The Balaban J connectivity index is 1.82. The van der Waals surface area contributed by atoms with Crippen molar-refractivity contribution in [2.75, 3.05) is 26.2 Å². The van der Waals surface area contributed by atoms with Crippen molar-refractivity contribution in [2.24, 2.45) is 0 Å². The lowest BCUT2D eigenvalue weighted by Gasteiger charge is -2.35. The van der Waals surface area contributed by atoms with Crippen LogP contribution in [0.25, 0.3) is 0 Å². The number of aliphatic hydroxyl groups excluding tert-OH is 1. The molecule has 1 aromatic rings. The SMILES string of the molecule is CCCCc1ccc(CC(=O)N2CCN(C(=O)C(C)O)CC2)cc1. The summed E-state index contributed by atoms with van der Waals surface area (Å²) >= 11 is 0. The molecular formula is C19H28N2O3. The number of hydrogen-bond acceptors (Lipinski definition) is 3. The van der Waals surface area contributed by atoms with Crippen LogP contribution in [0.5, 0.6) is 0 Å². The van der Waals surface area contributed by atoms with Crippen LogP contribution in [0.3, 0.4) is 0 Å². The largest absolute Gasteiger partial charge is 0.384 e. The number of amides is 2. The van der Waals surface area contributed by atoms with Gasteiger partial charge in [0, 0.05) is 26.2 Å². The van der Waals surface area contributed by atoms with Crippen molar-refractivity contribution in [3.8, 4) is 0 Å². The van der Waals surface area contributed by atoms with E-state index in [-0.39, 0.29) is 11.8 Å². The average molecular weight is 332 g/mol. The molecule has 2 amide bonds. The first-order valence-electron chi connectivity index (χ1n) is 8.83. The van der Waals surface area contributed by atoms with Crippen LogP contribution in [-0.4, -0.2) is 59.0 Å². The van der Waals surface area contributed by atoms with E-state index in [1.54, 1.807) is 9.80 Å². The zero-order chi connectivity index (χ0) is 17.5. The molecule has 2 rings (SSSR count). The van der Waals surface area contributed by atoms with E-state index < -0.39 is 6.10 Å². The van der Waals surface area contributed by atoms with Crippen LogP contribution in [0, 0.1) is 0 Å². The quantitative estimate of drug-likeness (QED) is 0.861. The summed E-state index contributed by atoms with van der Waals surface area (Å²) in [7, 11) is 0. The molecule has 0 aliphatic carbocycles. The lowest BCUT2D eigenvalue weighted by molar-refractivity contribution is -0.144. The van der Waals surface area contributed by atoms with Crippen molar-refractivity contribution >= 4 is 11.8 Å². The van der Waals surface area contributed by atoms with Crippen molar-refractivity contribution in [3.63, 3.8) is 0 Å². The Hall–Kier alpha value is -1.88. The molecule has 1 aliphatic rings. The Morgan fingerprint density at radius 2 is 1.58 bits per heavy atom. The van der Waals surface area contributed by atoms with Crippen LogP contribution < -0.4 is 0 Å². The molecule has 1 atom stereocenters. The Morgan fingerprint density at radius 3 is 2.12 bits per heavy atom. The van der Waals surface area contributed by atoms with Gasteiger partial charge in [-0.15, -0.1) is 0 Å². The van der Waals surface area contributed by atoms with Gasteiger partial charge in [-0.3, -0.25) is 9.59 Å². The summed E-state index contributed by atoms with van der Waals surface area (Å²) in [5.41, 5.74) is 2.35. The molecule has 0 bridgehead atoms. The van der Waals surface area contributed by atoms with E-state index in [9.17, 15) is 14.7 Å². The van der Waals surface area contributed by atoms with E-state index in [1.165, 1.54) is 25.3 Å². The molecule has 1 N–H and O–H groups in total. The summed E-state index contributed by atoms with van der Waals surface area (Å²) < 4.78 is 0. The van der Waals surface area contributed by atoms with Gasteiger partial charge in [0.1, 0.15) is 6.10 Å². The van der Waals surface area contributed by atoms with Crippen LogP contribution in [-0.2, 0) is 22.4 Å². The lowest BCUT2D eigenvalue weighted by atomic mass is 10.0. The number of hydrogen-bond donors (Lipinski definition) is 1. The molecular weight excluding hydrogens is 304 g/mol. The third kappa shape index (κ3) is 5.06. The van der Waals surface area contributed by atoms with Crippen molar-refractivity contribution in [3.05, 3.63) is 35.4 Å². The van der Waals surface area contributed by atoms with E-state index in [2.05, 4.69) is 19.1 Å². The standard InChI is InChI=1S/C19H28N2O3/c1-3-4-5-16-6-8-17(9-7-16)14-18(23)20-10-12-21(13-11-20)19(24)15(2)22/h6-9,15,22H,3-5,10-14H2,1-2H3. The second-order valence-electron chi connectivity index (χ2n) is 6.48. The predicted octanol–water partition coefficient (Wildman–Crippen LogP) is 1.62. The van der Waals surface area contributed by atoms with Gasteiger partial charge in [0.15, 0.2) is 0 Å². The zero-order valence-corrected chi connectivity index (χ0v) is 14.7. The summed E-state index contributed by atoms with van der Waals surface area (Å²) in [6.07, 6.45) is 2.89. The second kappa shape index (κ2) is 8.83. The molecule has 0 spiro atoms. The fraction of sp³-hybridized carbons (Fsp3) is 0.579. The number of nitrogens with zero attached hydrogens (tertiary/aromatic N) is 2. The topological polar surface area (TPSA) is 60.9 Å². The van der Waals surface area contributed by atoms with Gasteiger partial charge in [0.25, 0.3) is 5.91 Å². The minimum Gasteiger partial charge on any atom is -0.384 e. The zero-order valence-electron chi connectivity index (χ0n) is 14.7. The number of benzene rings is 1.